The molecule has 5 heteroatoms. The number of Topliss-reactive ketones (excluding diaryl/α,β-unsaturated/α-hetero) is 1. The summed E-state index contributed by atoms with van der Waals surface area (Å²) in [6.45, 7) is 1.36. The molecular formula is C11H9BrN2O2. The number of nitrogens with zero attached hydrogens (tertiary/aromatic N) is 1. The molecule has 0 saturated heterocycles. The number of hydrogen-bond acceptors (Lipinski definition) is 3. The SMILES string of the molecule is CC(=O)c1n[nH]c(-c2ccc(Br)cc2)c1O. The molecule has 0 aliphatic heterocycles. The first-order valence-corrected chi connectivity index (χ1v) is 5.43. The number of hydrogen-bond donors (Lipinski definition) is 2. The number of aromatic hydroxyl groups is 1. The van der Waals surface area contributed by atoms with E-state index in [4.69, 9.17) is 0 Å². The highest BCUT2D eigenvalue weighted by Crippen LogP contribution is 2.30. The molecule has 1 aromatic heterocycles. The molecule has 1 heterocycles. The Morgan fingerprint density at radius 2 is 2.00 bits per heavy atom. The Morgan fingerprint density at radius 1 is 1.38 bits per heavy atom. The minimum atomic E-state index is -0.267. The van der Waals surface area contributed by atoms with Crippen LogP contribution in [0.3, 0.4) is 0 Å². The van der Waals surface area contributed by atoms with Crippen molar-refractivity contribution < 1.29 is 9.90 Å². The fourth-order valence-corrected chi connectivity index (χ4v) is 1.66. The first kappa shape index (κ1) is 10.9. The summed E-state index contributed by atoms with van der Waals surface area (Å²) in [5, 5.41) is 16.2. The number of rotatable bonds is 2. The minimum absolute atomic E-state index is 0.0675. The molecule has 2 rings (SSSR count). The van der Waals surface area contributed by atoms with E-state index in [0.717, 1.165) is 10.0 Å². The number of aromatic amines is 1. The van der Waals surface area contributed by atoms with Gasteiger partial charge in [0.2, 0.25) is 0 Å². The standard InChI is InChI=1S/C11H9BrN2O2/c1-6(15)9-11(16)10(14-13-9)7-2-4-8(12)5-3-7/h2-5,16H,1H3,(H,13,14). The molecule has 0 spiro atoms. The summed E-state index contributed by atoms with van der Waals surface area (Å²) in [5.41, 5.74) is 1.30. The van der Waals surface area contributed by atoms with Crippen molar-refractivity contribution in [3.05, 3.63) is 34.4 Å². The van der Waals surface area contributed by atoms with Crippen LogP contribution in [0.1, 0.15) is 17.4 Å². The third kappa shape index (κ3) is 1.86. The van der Waals surface area contributed by atoms with E-state index in [-0.39, 0.29) is 17.2 Å². The maximum absolute atomic E-state index is 11.1. The predicted molar refractivity (Wildman–Crippen MR) is 63.4 cm³/mol. The van der Waals surface area contributed by atoms with Crippen molar-refractivity contribution in [2.75, 3.05) is 0 Å². The molecule has 16 heavy (non-hydrogen) atoms. The van der Waals surface area contributed by atoms with Crippen LogP contribution < -0.4 is 0 Å². The molecule has 4 nitrogen and oxygen atoms in total. The van der Waals surface area contributed by atoms with Crippen LogP contribution in [0, 0.1) is 0 Å². The van der Waals surface area contributed by atoms with Gasteiger partial charge >= 0.3 is 0 Å². The summed E-state index contributed by atoms with van der Waals surface area (Å²) < 4.78 is 0.946. The smallest absolute Gasteiger partial charge is 0.183 e. The predicted octanol–water partition coefficient (Wildman–Crippen LogP) is 2.75. The molecule has 0 unspecified atom stereocenters. The van der Waals surface area contributed by atoms with Gasteiger partial charge in [-0.25, -0.2) is 0 Å². The molecule has 0 atom stereocenters. The molecule has 0 bridgehead atoms. The number of halogens is 1. The van der Waals surface area contributed by atoms with E-state index in [2.05, 4.69) is 26.1 Å². The van der Waals surface area contributed by atoms with Crippen molar-refractivity contribution in [1.29, 1.82) is 0 Å². The van der Waals surface area contributed by atoms with E-state index < -0.39 is 0 Å². The van der Waals surface area contributed by atoms with Crippen molar-refractivity contribution >= 4 is 21.7 Å². The van der Waals surface area contributed by atoms with Crippen LogP contribution in [0.4, 0.5) is 0 Å². The van der Waals surface area contributed by atoms with Gasteiger partial charge in [0.15, 0.2) is 17.2 Å². The molecule has 82 valence electrons. The Kier molecular flexibility index (Phi) is 2.78. The van der Waals surface area contributed by atoms with Crippen molar-refractivity contribution in [2.45, 2.75) is 6.92 Å². The molecule has 0 radical (unpaired) electrons. The van der Waals surface area contributed by atoms with Crippen molar-refractivity contribution in [3.8, 4) is 17.0 Å². The molecular weight excluding hydrogens is 272 g/mol. The van der Waals surface area contributed by atoms with E-state index >= 15 is 0 Å². The molecule has 2 N–H and O–H groups in total. The van der Waals surface area contributed by atoms with Crippen molar-refractivity contribution in [1.82, 2.24) is 10.2 Å². The minimum Gasteiger partial charge on any atom is -0.504 e. The highest BCUT2D eigenvalue weighted by molar-refractivity contribution is 9.10. The number of ketones is 1. The fraction of sp³-hybridized carbons (Fsp3) is 0.0909. The molecule has 2 aromatic rings. The lowest BCUT2D eigenvalue weighted by molar-refractivity contribution is 0.101. The number of nitrogens with one attached hydrogen (secondary N) is 1. The largest absolute Gasteiger partial charge is 0.504 e. The average Bonchev–Trinajstić information content (AvgIpc) is 2.61. The van der Waals surface area contributed by atoms with Crippen molar-refractivity contribution in [2.24, 2.45) is 0 Å². The van der Waals surface area contributed by atoms with Gasteiger partial charge in [0.25, 0.3) is 0 Å². The van der Waals surface area contributed by atoms with Crippen LogP contribution in [0.2, 0.25) is 0 Å². The van der Waals surface area contributed by atoms with E-state index in [1.165, 1.54) is 6.92 Å². The quantitative estimate of drug-likeness (QED) is 0.832. The summed E-state index contributed by atoms with van der Waals surface area (Å²) in [6.07, 6.45) is 0. The summed E-state index contributed by atoms with van der Waals surface area (Å²) in [5.74, 6) is -0.369. The number of carbonyl (C=O) groups excluding carboxylic acids is 1. The highest BCUT2D eigenvalue weighted by Gasteiger charge is 2.16. The lowest BCUT2D eigenvalue weighted by Gasteiger charge is -1.98. The number of carbonyl (C=O) groups is 1. The van der Waals surface area contributed by atoms with Crippen molar-refractivity contribution in [3.63, 3.8) is 0 Å². The van der Waals surface area contributed by atoms with Crippen LogP contribution >= 0.6 is 15.9 Å². The first-order valence-electron chi connectivity index (χ1n) is 4.64. The average molecular weight is 281 g/mol. The topological polar surface area (TPSA) is 66.0 Å². The number of H-pyrrole nitrogens is 1. The van der Waals surface area contributed by atoms with Crippen LogP contribution in [-0.4, -0.2) is 21.1 Å². The van der Waals surface area contributed by atoms with E-state index in [1.807, 2.05) is 24.3 Å². The van der Waals surface area contributed by atoms with Gasteiger partial charge in [-0.1, -0.05) is 28.1 Å². The summed E-state index contributed by atoms with van der Waals surface area (Å²) >= 11 is 3.32. The number of aromatic nitrogens is 2. The Morgan fingerprint density at radius 3 is 2.50 bits per heavy atom. The summed E-state index contributed by atoms with van der Waals surface area (Å²) in [6, 6.07) is 7.34. The highest BCUT2D eigenvalue weighted by atomic mass is 79.9. The van der Waals surface area contributed by atoms with Gasteiger partial charge in [0, 0.05) is 17.0 Å². The van der Waals surface area contributed by atoms with Crippen LogP contribution in [0.5, 0.6) is 5.75 Å². The lowest BCUT2D eigenvalue weighted by atomic mass is 10.1. The Balaban J connectivity index is 2.49. The van der Waals surface area contributed by atoms with Crippen LogP contribution in [0.25, 0.3) is 11.3 Å². The van der Waals surface area contributed by atoms with Gasteiger partial charge in [-0.3, -0.25) is 9.89 Å². The van der Waals surface area contributed by atoms with Crippen LogP contribution in [-0.2, 0) is 0 Å². The maximum atomic E-state index is 11.1. The molecule has 1 aromatic carbocycles. The second-order valence-corrected chi connectivity index (χ2v) is 4.27. The molecule has 0 fully saturated rings. The zero-order chi connectivity index (χ0) is 11.7. The zero-order valence-corrected chi connectivity index (χ0v) is 10.1. The second-order valence-electron chi connectivity index (χ2n) is 3.36. The third-order valence-corrected chi connectivity index (χ3v) is 2.74. The molecule has 0 saturated carbocycles. The first-order chi connectivity index (χ1) is 7.59. The van der Waals surface area contributed by atoms with Gasteiger partial charge in [0.05, 0.1) is 0 Å². The second kappa shape index (κ2) is 4.09. The van der Waals surface area contributed by atoms with E-state index in [9.17, 15) is 9.90 Å². The Bertz CT molecular complexity index is 531. The van der Waals surface area contributed by atoms with Gasteiger partial charge in [0.1, 0.15) is 5.69 Å². The Labute approximate surface area is 100 Å². The van der Waals surface area contributed by atoms with E-state index in [1.54, 1.807) is 0 Å². The zero-order valence-electron chi connectivity index (χ0n) is 8.49. The van der Waals surface area contributed by atoms with Gasteiger partial charge < -0.3 is 5.11 Å². The van der Waals surface area contributed by atoms with Gasteiger partial charge in [-0.15, -0.1) is 0 Å². The molecule has 0 aliphatic rings. The van der Waals surface area contributed by atoms with Crippen LogP contribution in [0.15, 0.2) is 28.7 Å². The number of benzene rings is 1. The lowest BCUT2D eigenvalue weighted by Crippen LogP contribution is -1.91. The van der Waals surface area contributed by atoms with E-state index in [0.29, 0.717) is 5.69 Å². The third-order valence-electron chi connectivity index (χ3n) is 2.21. The molecule has 0 aliphatic carbocycles. The fourth-order valence-electron chi connectivity index (χ4n) is 1.40. The monoisotopic (exact) mass is 280 g/mol. The molecule has 0 amide bonds. The maximum Gasteiger partial charge on any atom is 0.183 e. The summed E-state index contributed by atoms with van der Waals surface area (Å²) in [4.78, 5) is 11.1. The normalized spacial score (nSPS) is 10.4. The van der Waals surface area contributed by atoms with Gasteiger partial charge in [-0.05, 0) is 12.1 Å². The summed E-state index contributed by atoms with van der Waals surface area (Å²) in [7, 11) is 0. The Hall–Kier alpha value is -1.62. The van der Waals surface area contributed by atoms with Gasteiger partial charge in [-0.2, -0.15) is 5.10 Å².